The molecule has 4 nitrogen and oxygen atoms in total. The van der Waals surface area contributed by atoms with Crippen LogP contribution in [0.1, 0.15) is 15.9 Å². The minimum atomic E-state index is -0.124. The van der Waals surface area contributed by atoms with E-state index in [1.165, 1.54) is 7.11 Å². The van der Waals surface area contributed by atoms with Crippen molar-refractivity contribution in [1.82, 2.24) is 0 Å². The molecule has 0 saturated heterocycles. The van der Waals surface area contributed by atoms with Crippen molar-refractivity contribution >= 4 is 36.8 Å². The summed E-state index contributed by atoms with van der Waals surface area (Å²) in [6.07, 6.45) is 0. The number of carbonyl (C=O) groups excluding carboxylic acids is 1. The van der Waals surface area contributed by atoms with E-state index < -0.39 is 0 Å². The summed E-state index contributed by atoms with van der Waals surface area (Å²) in [5, 5.41) is 0.402. The molecule has 0 spiro atoms. The Morgan fingerprint density at radius 2 is 1.65 bits per heavy atom. The Morgan fingerprint density at radius 3 is 2.17 bits per heavy atom. The van der Waals surface area contributed by atoms with Gasteiger partial charge in [0.05, 0.1) is 0 Å². The molecule has 0 aliphatic rings. The quantitative estimate of drug-likeness (QED) is 0.553. The molecule has 2 aromatic carbocycles. The predicted octanol–water partition coefficient (Wildman–Crippen LogP) is 2.97. The Morgan fingerprint density at radius 1 is 0.957 bits per heavy atom. The van der Waals surface area contributed by atoms with Crippen LogP contribution in [-0.4, -0.2) is 42.1 Å². The standard InChI is InChI=1S/C17H17ClO4Se/c1-20-13-6-5-10(7-12(13)18)16(19)11-8-14(21-2)17(22-3)15(9-11)23-4/h5-9H,1-4H3. The van der Waals surface area contributed by atoms with E-state index in [9.17, 15) is 4.79 Å². The van der Waals surface area contributed by atoms with E-state index in [2.05, 4.69) is 5.82 Å². The van der Waals surface area contributed by atoms with E-state index in [0.29, 0.717) is 33.4 Å². The van der Waals surface area contributed by atoms with Crippen LogP contribution in [0.2, 0.25) is 10.8 Å². The molecule has 0 N–H and O–H groups in total. The van der Waals surface area contributed by atoms with Crippen LogP contribution in [0.5, 0.6) is 17.2 Å². The summed E-state index contributed by atoms with van der Waals surface area (Å²) in [7, 11) is 4.69. The number of methoxy groups -OCH3 is 3. The predicted molar refractivity (Wildman–Crippen MR) is 92.2 cm³/mol. The second kappa shape index (κ2) is 7.73. The van der Waals surface area contributed by atoms with Gasteiger partial charge in [-0.3, -0.25) is 0 Å². The molecule has 0 aromatic heterocycles. The van der Waals surface area contributed by atoms with Crippen molar-refractivity contribution in [3.05, 3.63) is 46.5 Å². The van der Waals surface area contributed by atoms with Crippen LogP contribution in [0.15, 0.2) is 30.3 Å². The topological polar surface area (TPSA) is 44.8 Å². The van der Waals surface area contributed by atoms with Gasteiger partial charge in [-0.2, -0.15) is 0 Å². The molecule has 0 fully saturated rings. The SMILES string of the molecule is COc1ccc(C(=O)c2cc(OC)c(OC)c([Se]C)c2)cc1Cl. The molecule has 0 amide bonds. The van der Waals surface area contributed by atoms with Gasteiger partial charge in [0.1, 0.15) is 0 Å². The molecule has 0 atom stereocenters. The van der Waals surface area contributed by atoms with E-state index >= 15 is 0 Å². The van der Waals surface area contributed by atoms with Crippen LogP contribution in [-0.2, 0) is 0 Å². The van der Waals surface area contributed by atoms with Gasteiger partial charge in [-0.25, -0.2) is 0 Å². The van der Waals surface area contributed by atoms with Gasteiger partial charge < -0.3 is 0 Å². The second-order valence-electron chi connectivity index (χ2n) is 4.59. The molecule has 23 heavy (non-hydrogen) atoms. The van der Waals surface area contributed by atoms with E-state index in [0.717, 1.165) is 4.46 Å². The molecule has 0 saturated carbocycles. The molecule has 0 aliphatic carbocycles. The van der Waals surface area contributed by atoms with Gasteiger partial charge in [0.15, 0.2) is 0 Å². The molecule has 0 aliphatic heterocycles. The minimum absolute atomic E-state index is 0.124. The molecule has 0 radical (unpaired) electrons. The third-order valence-corrected chi connectivity index (χ3v) is 5.20. The Kier molecular flexibility index (Phi) is 5.94. The Balaban J connectivity index is 2.49. The zero-order valence-corrected chi connectivity index (χ0v) is 15.8. The zero-order valence-electron chi connectivity index (χ0n) is 13.3. The van der Waals surface area contributed by atoms with Crippen molar-refractivity contribution < 1.29 is 19.0 Å². The van der Waals surface area contributed by atoms with Gasteiger partial charge in [0, 0.05) is 0 Å². The summed E-state index contributed by atoms with van der Waals surface area (Å²) >= 11 is 6.27. The van der Waals surface area contributed by atoms with Gasteiger partial charge in [-0.15, -0.1) is 0 Å². The van der Waals surface area contributed by atoms with Crippen molar-refractivity contribution in [3.8, 4) is 17.2 Å². The first-order valence-corrected chi connectivity index (χ1v) is 9.68. The van der Waals surface area contributed by atoms with Crippen LogP contribution in [0.4, 0.5) is 0 Å². The number of ketones is 1. The van der Waals surface area contributed by atoms with E-state index in [-0.39, 0.29) is 20.7 Å². The van der Waals surface area contributed by atoms with Crippen molar-refractivity contribution in [2.75, 3.05) is 21.3 Å². The molecular weight excluding hydrogens is 383 g/mol. The number of carbonyl (C=O) groups is 1. The third kappa shape index (κ3) is 3.63. The fourth-order valence-electron chi connectivity index (χ4n) is 2.19. The average Bonchev–Trinajstić information content (AvgIpc) is 2.59. The number of halogens is 1. The maximum absolute atomic E-state index is 12.7. The fourth-order valence-corrected chi connectivity index (χ4v) is 3.73. The molecule has 0 bridgehead atoms. The summed E-state index contributed by atoms with van der Waals surface area (Å²) in [5.41, 5.74) is 1.04. The molecule has 0 heterocycles. The van der Waals surface area contributed by atoms with Gasteiger partial charge in [-0.1, -0.05) is 0 Å². The normalized spacial score (nSPS) is 10.3. The number of benzene rings is 2. The van der Waals surface area contributed by atoms with Crippen LogP contribution < -0.4 is 18.7 Å². The molecule has 0 unspecified atom stereocenters. The summed E-state index contributed by atoms with van der Waals surface area (Å²) in [6, 6.07) is 8.52. The fraction of sp³-hybridized carbons (Fsp3) is 0.235. The van der Waals surface area contributed by atoms with Gasteiger partial charge >= 0.3 is 147 Å². The summed E-state index contributed by atoms with van der Waals surface area (Å²) in [5.74, 6) is 3.70. The average molecular weight is 400 g/mol. The van der Waals surface area contributed by atoms with Crippen LogP contribution >= 0.6 is 11.6 Å². The second-order valence-corrected chi connectivity index (χ2v) is 6.78. The van der Waals surface area contributed by atoms with Crippen LogP contribution in [0.25, 0.3) is 0 Å². The first-order valence-electron chi connectivity index (χ1n) is 6.74. The Labute approximate surface area is 146 Å². The molecule has 2 rings (SSSR count). The van der Waals surface area contributed by atoms with Crippen LogP contribution in [0, 0.1) is 0 Å². The van der Waals surface area contributed by atoms with Crippen molar-refractivity contribution in [1.29, 1.82) is 0 Å². The number of rotatable bonds is 6. The Bertz CT molecular complexity index is 706. The van der Waals surface area contributed by atoms with Crippen molar-refractivity contribution in [2.24, 2.45) is 0 Å². The maximum atomic E-state index is 12.7. The zero-order chi connectivity index (χ0) is 17.0. The van der Waals surface area contributed by atoms with E-state index in [1.54, 1.807) is 38.5 Å². The van der Waals surface area contributed by atoms with E-state index in [1.807, 2.05) is 6.07 Å². The molecule has 2 aromatic rings. The Hall–Kier alpha value is -1.68. The van der Waals surface area contributed by atoms with Crippen molar-refractivity contribution in [3.63, 3.8) is 0 Å². The first-order chi connectivity index (χ1) is 11.0. The van der Waals surface area contributed by atoms with Gasteiger partial charge in [0.2, 0.25) is 0 Å². The summed E-state index contributed by atoms with van der Waals surface area (Å²) in [6.45, 7) is 0. The summed E-state index contributed by atoms with van der Waals surface area (Å²) in [4.78, 5) is 12.7. The number of hydrogen-bond donors (Lipinski definition) is 0. The third-order valence-electron chi connectivity index (χ3n) is 3.34. The number of hydrogen-bond acceptors (Lipinski definition) is 4. The monoisotopic (exact) mass is 400 g/mol. The number of ether oxygens (including phenoxy) is 3. The van der Waals surface area contributed by atoms with Crippen molar-refractivity contribution in [2.45, 2.75) is 5.82 Å². The van der Waals surface area contributed by atoms with Gasteiger partial charge in [-0.05, 0) is 0 Å². The first kappa shape index (κ1) is 17.7. The molecule has 122 valence electrons. The molecule has 6 heteroatoms. The summed E-state index contributed by atoms with van der Waals surface area (Å²) < 4.78 is 16.8. The van der Waals surface area contributed by atoms with E-state index in [4.69, 9.17) is 25.8 Å². The van der Waals surface area contributed by atoms with Gasteiger partial charge in [0.25, 0.3) is 0 Å². The van der Waals surface area contributed by atoms with Crippen LogP contribution in [0.3, 0.4) is 0 Å². The molecular formula is C17H17ClO4Se.